The van der Waals surface area contributed by atoms with E-state index in [0.29, 0.717) is 6.04 Å². The SMILES string of the molecule is CC(CN1CCOCC1)Nc1ccc(N)c2cnccc12. The van der Waals surface area contributed by atoms with Gasteiger partial charge in [-0.15, -0.1) is 0 Å². The summed E-state index contributed by atoms with van der Waals surface area (Å²) in [5.74, 6) is 0. The number of rotatable bonds is 4. The van der Waals surface area contributed by atoms with Gasteiger partial charge in [-0.25, -0.2) is 0 Å². The van der Waals surface area contributed by atoms with Gasteiger partial charge < -0.3 is 15.8 Å². The van der Waals surface area contributed by atoms with Crippen molar-refractivity contribution in [3.63, 3.8) is 0 Å². The molecule has 0 aliphatic carbocycles. The van der Waals surface area contributed by atoms with Crippen LogP contribution in [0.5, 0.6) is 0 Å². The summed E-state index contributed by atoms with van der Waals surface area (Å²) in [4.78, 5) is 6.59. The minimum Gasteiger partial charge on any atom is -0.398 e. The molecule has 0 bridgehead atoms. The van der Waals surface area contributed by atoms with Gasteiger partial charge in [-0.2, -0.15) is 0 Å². The molecular formula is C16H22N4O. The molecular weight excluding hydrogens is 264 g/mol. The van der Waals surface area contributed by atoms with E-state index in [4.69, 9.17) is 10.5 Å². The van der Waals surface area contributed by atoms with Gasteiger partial charge >= 0.3 is 0 Å². The minimum atomic E-state index is 0.364. The number of pyridine rings is 1. The Bertz CT molecular complexity index is 610. The standard InChI is InChI=1S/C16H22N4O/c1-12(11-20-6-8-21-9-7-20)19-16-3-2-15(17)14-10-18-5-4-13(14)16/h2-5,10,12,19H,6-9,11,17H2,1H3. The van der Waals surface area contributed by atoms with Crippen LogP contribution in [0.3, 0.4) is 0 Å². The number of benzene rings is 1. The van der Waals surface area contributed by atoms with Crippen LogP contribution in [0.15, 0.2) is 30.6 Å². The summed E-state index contributed by atoms with van der Waals surface area (Å²) in [7, 11) is 0. The van der Waals surface area contributed by atoms with Crippen LogP contribution in [-0.4, -0.2) is 48.8 Å². The highest BCUT2D eigenvalue weighted by molar-refractivity contribution is 6.00. The molecule has 0 spiro atoms. The van der Waals surface area contributed by atoms with Gasteiger partial charge in [-0.05, 0) is 25.1 Å². The highest BCUT2D eigenvalue weighted by Gasteiger charge is 2.14. The number of fused-ring (bicyclic) bond motifs is 1. The summed E-state index contributed by atoms with van der Waals surface area (Å²) in [5, 5.41) is 5.72. The summed E-state index contributed by atoms with van der Waals surface area (Å²) in [5.41, 5.74) is 7.90. The minimum absolute atomic E-state index is 0.364. The van der Waals surface area contributed by atoms with E-state index >= 15 is 0 Å². The molecule has 2 aromatic rings. The lowest BCUT2D eigenvalue weighted by molar-refractivity contribution is 0.0368. The van der Waals surface area contributed by atoms with Crippen LogP contribution < -0.4 is 11.1 Å². The number of nitrogens with two attached hydrogens (primary N) is 1. The van der Waals surface area contributed by atoms with E-state index in [1.807, 2.05) is 24.4 Å². The first-order valence-electron chi connectivity index (χ1n) is 7.43. The lowest BCUT2D eigenvalue weighted by atomic mass is 10.1. The van der Waals surface area contributed by atoms with Gasteiger partial charge in [0.05, 0.1) is 13.2 Å². The maximum atomic E-state index is 6.02. The fourth-order valence-electron chi connectivity index (χ4n) is 2.82. The molecule has 1 unspecified atom stereocenters. The van der Waals surface area contributed by atoms with E-state index in [2.05, 4.69) is 22.1 Å². The van der Waals surface area contributed by atoms with Crippen molar-refractivity contribution in [2.45, 2.75) is 13.0 Å². The lowest BCUT2D eigenvalue weighted by Gasteiger charge is -2.30. The summed E-state index contributed by atoms with van der Waals surface area (Å²) < 4.78 is 5.39. The summed E-state index contributed by atoms with van der Waals surface area (Å²) in [6.45, 7) is 6.92. The van der Waals surface area contributed by atoms with Crippen LogP contribution in [-0.2, 0) is 4.74 Å². The summed E-state index contributed by atoms with van der Waals surface area (Å²) in [6, 6.07) is 6.36. The van der Waals surface area contributed by atoms with E-state index < -0.39 is 0 Å². The molecule has 3 N–H and O–H groups in total. The first-order valence-corrected chi connectivity index (χ1v) is 7.43. The van der Waals surface area contributed by atoms with Crippen LogP contribution in [0, 0.1) is 0 Å². The van der Waals surface area contributed by atoms with Crippen molar-refractivity contribution in [3.05, 3.63) is 30.6 Å². The zero-order valence-corrected chi connectivity index (χ0v) is 12.4. The van der Waals surface area contributed by atoms with Gasteiger partial charge in [0.15, 0.2) is 0 Å². The Hall–Kier alpha value is -1.85. The van der Waals surface area contributed by atoms with E-state index in [9.17, 15) is 0 Å². The highest BCUT2D eigenvalue weighted by atomic mass is 16.5. The number of nitrogen functional groups attached to an aromatic ring is 1. The molecule has 1 aromatic carbocycles. The number of aromatic nitrogens is 1. The fourth-order valence-corrected chi connectivity index (χ4v) is 2.82. The van der Waals surface area contributed by atoms with Crippen LogP contribution in [0.2, 0.25) is 0 Å². The third-order valence-electron chi connectivity index (χ3n) is 3.89. The molecule has 5 heteroatoms. The van der Waals surface area contributed by atoms with Gasteiger partial charge in [-0.3, -0.25) is 9.88 Å². The summed E-state index contributed by atoms with van der Waals surface area (Å²) >= 11 is 0. The normalized spacial score (nSPS) is 17.8. The molecule has 0 amide bonds. The largest absolute Gasteiger partial charge is 0.398 e. The van der Waals surface area contributed by atoms with Gasteiger partial charge in [0.2, 0.25) is 0 Å². The van der Waals surface area contributed by atoms with E-state index in [1.165, 1.54) is 0 Å². The number of hydrogen-bond donors (Lipinski definition) is 2. The van der Waals surface area contributed by atoms with Crippen LogP contribution in [0.4, 0.5) is 11.4 Å². The number of morpholine rings is 1. The molecule has 1 aromatic heterocycles. The maximum absolute atomic E-state index is 6.02. The van der Waals surface area contributed by atoms with Crippen molar-refractivity contribution in [2.24, 2.45) is 0 Å². The number of hydrogen-bond acceptors (Lipinski definition) is 5. The van der Waals surface area contributed by atoms with Crippen LogP contribution in [0.25, 0.3) is 10.8 Å². The molecule has 112 valence electrons. The molecule has 1 fully saturated rings. The molecule has 0 saturated carbocycles. The smallest absolute Gasteiger partial charge is 0.0594 e. The Labute approximate surface area is 125 Å². The zero-order chi connectivity index (χ0) is 14.7. The second kappa shape index (κ2) is 6.28. The van der Waals surface area contributed by atoms with Crippen molar-refractivity contribution < 1.29 is 4.74 Å². The molecule has 5 nitrogen and oxygen atoms in total. The molecule has 1 atom stereocenters. The zero-order valence-electron chi connectivity index (χ0n) is 12.4. The van der Waals surface area contributed by atoms with Gasteiger partial charge in [0.25, 0.3) is 0 Å². The van der Waals surface area contributed by atoms with Crippen molar-refractivity contribution in [1.29, 1.82) is 0 Å². The Morgan fingerprint density at radius 2 is 2.10 bits per heavy atom. The average molecular weight is 286 g/mol. The first-order chi connectivity index (χ1) is 10.2. The van der Waals surface area contributed by atoms with Crippen LogP contribution >= 0.6 is 0 Å². The van der Waals surface area contributed by atoms with E-state index in [0.717, 1.165) is 55.0 Å². The molecule has 0 radical (unpaired) electrons. The second-order valence-corrected chi connectivity index (χ2v) is 5.58. The van der Waals surface area contributed by atoms with Crippen molar-refractivity contribution >= 4 is 22.1 Å². The van der Waals surface area contributed by atoms with Gasteiger partial charge in [0, 0.05) is 60.2 Å². The fraction of sp³-hybridized carbons (Fsp3) is 0.438. The number of nitrogens with zero attached hydrogens (tertiary/aromatic N) is 2. The molecule has 2 heterocycles. The number of anilines is 2. The summed E-state index contributed by atoms with van der Waals surface area (Å²) in [6.07, 6.45) is 3.63. The predicted octanol–water partition coefficient (Wildman–Crippen LogP) is 1.95. The van der Waals surface area contributed by atoms with Crippen molar-refractivity contribution in [2.75, 3.05) is 43.9 Å². The quantitative estimate of drug-likeness (QED) is 0.841. The van der Waals surface area contributed by atoms with Crippen molar-refractivity contribution in [1.82, 2.24) is 9.88 Å². The topological polar surface area (TPSA) is 63.4 Å². The number of ether oxygens (including phenoxy) is 1. The average Bonchev–Trinajstić information content (AvgIpc) is 2.51. The van der Waals surface area contributed by atoms with Gasteiger partial charge in [-0.1, -0.05) is 0 Å². The van der Waals surface area contributed by atoms with Crippen molar-refractivity contribution in [3.8, 4) is 0 Å². The molecule has 1 aliphatic heterocycles. The molecule has 3 rings (SSSR count). The molecule has 1 saturated heterocycles. The highest BCUT2D eigenvalue weighted by Crippen LogP contribution is 2.27. The van der Waals surface area contributed by atoms with Crippen LogP contribution in [0.1, 0.15) is 6.92 Å². The number of nitrogens with one attached hydrogen (secondary N) is 1. The third-order valence-corrected chi connectivity index (χ3v) is 3.89. The second-order valence-electron chi connectivity index (χ2n) is 5.58. The Morgan fingerprint density at radius 3 is 2.90 bits per heavy atom. The van der Waals surface area contributed by atoms with E-state index in [1.54, 1.807) is 6.20 Å². The Balaban J connectivity index is 1.73. The Kier molecular flexibility index (Phi) is 4.22. The van der Waals surface area contributed by atoms with Gasteiger partial charge in [0.1, 0.15) is 0 Å². The lowest BCUT2D eigenvalue weighted by Crippen LogP contribution is -2.42. The van der Waals surface area contributed by atoms with E-state index in [-0.39, 0.29) is 0 Å². The first kappa shape index (κ1) is 14.1. The maximum Gasteiger partial charge on any atom is 0.0594 e. The predicted molar refractivity (Wildman–Crippen MR) is 86.5 cm³/mol. The third kappa shape index (κ3) is 3.25. The molecule has 21 heavy (non-hydrogen) atoms. The molecule has 1 aliphatic rings. The Morgan fingerprint density at radius 1 is 1.29 bits per heavy atom. The monoisotopic (exact) mass is 286 g/mol.